The molecule has 1 aromatic rings. The SMILES string of the molecule is COc1cc(C2CCCCC2)c(C=O)cc1CC(=O)O. The summed E-state index contributed by atoms with van der Waals surface area (Å²) in [6.07, 6.45) is 6.49. The summed E-state index contributed by atoms with van der Waals surface area (Å²) in [7, 11) is 1.53. The van der Waals surface area contributed by atoms with Gasteiger partial charge in [-0.05, 0) is 36.5 Å². The number of aldehydes is 1. The average Bonchev–Trinajstić information content (AvgIpc) is 2.47. The summed E-state index contributed by atoms with van der Waals surface area (Å²) in [5, 5.41) is 8.92. The zero-order valence-corrected chi connectivity index (χ0v) is 11.7. The van der Waals surface area contributed by atoms with E-state index in [4.69, 9.17) is 9.84 Å². The molecular formula is C16H20O4. The van der Waals surface area contributed by atoms with Crippen molar-refractivity contribution in [3.63, 3.8) is 0 Å². The Balaban J connectivity index is 2.40. The average molecular weight is 276 g/mol. The lowest BCUT2D eigenvalue weighted by Gasteiger charge is -2.24. The van der Waals surface area contributed by atoms with Crippen LogP contribution in [0.5, 0.6) is 5.75 Å². The van der Waals surface area contributed by atoms with Gasteiger partial charge in [-0.15, -0.1) is 0 Å². The van der Waals surface area contributed by atoms with Gasteiger partial charge in [-0.25, -0.2) is 0 Å². The lowest BCUT2D eigenvalue weighted by atomic mass is 9.81. The number of rotatable bonds is 5. The zero-order chi connectivity index (χ0) is 14.5. The number of ether oxygens (including phenoxy) is 1. The molecule has 0 atom stereocenters. The molecule has 0 amide bonds. The molecule has 1 aromatic carbocycles. The highest BCUT2D eigenvalue weighted by Gasteiger charge is 2.21. The van der Waals surface area contributed by atoms with Crippen LogP contribution in [0.1, 0.15) is 59.5 Å². The summed E-state index contributed by atoms with van der Waals surface area (Å²) in [4.78, 5) is 22.2. The van der Waals surface area contributed by atoms with Crippen LogP contribution in [-0.2, 0) is 11.2 Å². The molecule has 0 saturated heterocycles. The molecule has 108 valence electrons. The normalized spacial score (nSPS) is 15.8. The Morgan fingerprint density at radius 2 is 2.05 bits per heavy atom. The second kappa shape index (κ2) is 6.55. The van der Waals surface area contributed by atoms with Gasteiger partial charge in [0, 0.05) is 11.1 Å². The molecule has 0 unspecified atom stereocenters. The lowest BCUT2D eigenvalue weighted by molar-refractivity contribution is -0.136. The van der Waals surface area contributed by atoms with Crippen molar-refractivity contribution in [2.75, 3.05) is 7.11 Å². The van der Waals surface area contributed by atoms with Gasteiger partial charge in [0.05, 0.1) is 13.5 Å². The summed E-state index contributed by atoms with van der Waals surface area (Å²) in [6.45, 7) is 0. The topological polar surface area (TPSA) is 63.6 Å². The van der Waals surface area contributed by atoms with Crippen LogP contribution in [0.25, 0.3) is 0 Å². The number of benzene rings is 1. The fraction of sp³-hybridized carbons (Fsp3) is 0.500. The number of carboxylic acid groups (broad SMARTS) is 1. The minimum atomic E-state index is -0.925. The molecule has 1 aliphatic carbocycles. The number of aliphatic carboxylic acids is 1. The molecule has 20 heavy (non-hydrogen) atoms. The van der Waals surface area contributed by atoms with Crippen LogP contribution in [0.4, 0.5) is 0 Å². The Hall–Kier alpha value is -1.84. The molecule has 1 fully saturated rings. The Kier molecular flexibility index (Phi) is 4.77. The van der Waals surface area contributed by atoms with Crippen LogP contribution < -0.4 is 4.74 Å². The van der Waals surface area contributed by atoms with Gasteiger partial charge >= 0.3 is 5.97 Å². The predicted octanol–water partition coefficient (Wildman–Crippen LogP) is 3.18. The van der Waals surface area contributed by atoms with Gasteiger partial charge in [-0.2, -0.15) is 0 Å². The second-order valence-corrected chi connectivity index (χ2v) is 5.32. The summed E-state index contributed by atoms with van der Waals surface area (Å²) >= 11 is 0. The smallest absolute Gasteiger partial charge is 0.307 e. The van der Waals surface area contributed by atoms with E-state index in [9.17, 15) is 9.59 Å². The quantitative estimate of drug-likeness (QED) is 0.839. The number of carbonyl (C=O) groups is 2. The van der Waals surface area contributed by atoms with Crippen LogP contribution in [0.2, 0.25) is 0 Å². The fourth-order valence-electron chi connectivity index (χ4n) is 3.02. The van der Waals surface area contributed by atoms with E-state index in [2.05, 4.69) is 0 Å². The van der Waals surface area contributed by atoms with Crippen LogP contribution in [0, 0.1) is 0 Å². The van der Waals surface area contributed by atoms with E-state index in [-0.39, 0.29) is 6.42 Å². The molecule has 0 radical (unpaired) electrons. The van der Waals surface area contributed by atoms with E-state index in [1.807, 2.05) is 6.07 Å². The Morgan fingerprint density at radius 1 is 1.35 bits per heavy atom. The standard InChI is InChI=1S/C16H20O4/c1-20-15-9-14(11-5-3-2-4-6-11)13(10-17)7-12(15)8-16(18)19/h7,9-11H,2-6,8H2,1H3,(H,18,19). The van der Waals surface area contributed by atoms with Crippen LogP contribution in [0.3, 0.4) is 0 Å². The molecule has 0 aromatic heterocycles. The molecule has 2 rings (SSSR count). The number of hydrogen-bond donors (Lipinski definition) is 1. The summed E-state index contributed by atoms with van der Waals surface area (Å²) in [6, 6.07) is 3.53. The van der Waals surface area contributed by atoms with Gasteiger partial charge in [0.2, 0.25) is 0 Å². The lowest BCUT2D eigenvalue weighted by Crippen LogP contribution is -2.10. The molecule has 1 aliphatic rings. The molecule has 0 bridgehead atoms. The Labute approximate surface area is 118 Å². The largest absolute Gasteiger partial charge is 0.496 e. The number of carboxylic acids is 1. The van der Waals surface area contributed by atoms with Crippen molar-refractivity contribution in [3.05, 3.63) is 28.8 Å². The van der Waals surface area contributed by atoms with Crippen molar-refractivity contribution in [1.29, 1.82) is 0 Å². The number of carbonyl (C=O) groups excluding carboxylic acids is 1. The van der Waals surface area contributed by atoms with Crippen molar-refractivity contribution in [1.82, 2.24) is 0 Å². The van der Waals surface area contributed by atoms with Crippen LogP contribution >= 0.6 is 0 Å². The molecule has 0 heterocycles. The van der Waals surface area contributed by atoms with Gasteiger partial charge in [-0.1, -0.05) is 19.3 Å². The van der Waals surface area contributed by atoms with Gasteiger partial charge in [0.15, 0.2) is 0 Å². The van der Waals surface area contributed by atoms with Gasteiger partial charge in [-0.3, -0.25) is 9.59 Å². The van der Waals surface area contributed by atoms with Crippen molar-refractivity contribution in [3.8, 4) is 5.75 Å². The maximum atomic E-state index is 11.3. The van der Waals surface area contributed by atoms with E-state index in [1.165, 1.54) is 26.4 Å². The van der Waals surface area contributed by atoms with E-state index in [0.29, 0.717) is 22.8 Å². The van der Waals surface area contributed by atoms with Crippen molar-refractivity contribution >= 4 is 12.3 Å². The number of hydrogen-bond acceptors (Lipinski definition) is 3. The third-order valence-electron chi connectivity index (χ3n) is 4.00. The third kappa shape index (κ3) is 3.18. The number of methoxy groups -OCH3 is 1. The fourth-order valence-corrected chi connectivity index (χ4v) is 3.02. The first-order valence-corrected chi connectivity index (χ1v) is 7.03. The van der Waals surface area contributed by atoms with E-state index < -0.39 is 5.97 Å². The van der Waals surface area contributed by atoms with Crippen molar-refractivity contribution in [2.45, 2.75) is 44.4 Å². The van der Waals surface area contributed by atoms with Crippen LogP contribution in [0.15, 0.2) is 12.1 Å². The second-order valence-electron chi connectivity index (χ2n) is 5.32. The first kappa shape index (κ1) is 14.6. The minimum absolute atomic E-state index is 0.130. The summed E-state index contributed by atoms with van der Waals surface area (Å²) in [5.41, 5.74) is 2.17. The minimum Gasteiger partial charge on any atom is -0.496 e. The zero-order valence-electron chi connectivity index (χ0n) is 11.7. The highest BCUT2D eigenvalue weighted by atomic mass is 16.5. The Morgan fingerprint density at radius 3 is 2.60 bits per heavy atom. The molecule has 0 aliphatic heterocycles. The Bertz CT molecular complexity index is 501. The maximum Gasteiger partial charge on any atom is 0.307 e. The molecule has 4 heteroatoms. The van der Waals surface area contributed by atoms with E-state index in [1.54, 1.807) is 6.07 Å². The van der Waals surface area contributed by atoms with Crippen molar-refractivity contribution in [2.24, 2.45) is 0 Å². The molecule has 1 saturated carbocycles. The van der Waals surface area contributed by atoms with Crippen molar-refractivity contribution < 1.29 is 19.4 Å². The summed E-state index contributed by atoms with van der Waals surface area (Å²) in [5.74, 6) is 0.0286. The predicted molar refractivity (Wildman–Crippen MR) is 75.5 cm³/mol. The van der Waals surface area contributed by atoms with Gasteiger partial charge in [0.25, 0.3) is 0 Å². The maximum absolute atomic E-state index is 11.3. The van der Waals surface area contributed by atoms with E-state index >= 15 is 0 Å². The highest BCUT2D eigenvalue weighted by molar-refractivity contribution is 5.80. The highest BCUT2D eigenvalue weighted by Crippen LogP contribution is 2.37. The molecule has 4 nitrogen and oxygen atoms in total. The molecular weight excluding hydrogens is 256 g/mol. The molecule has 0 spiro atoms. The monoisotopic (exact) mass is 276 g/mol. The first-order chi connectivity index (χ1) is 9.65. The van der Waals surface area contributed by atoms with Gasteiger partial charge in [0.1, 0.15) is 12.0 Å². The third-order valence-corrected chi connectivity index (χ3v) is 4.00. The first-order valence-electron chi connectivity index (χ1n) is 7.03. The van der Waals surface area contributed by atoms with Crippen LogP contribution in [-0.4, -0.2) is 24.5 Å². The summed E-state index contributed by atoms with van der Waals surface area (Å²) < 4.78 is 5.30. The molecule has 1 N–H and O–H groups in total. The van der Waals surface area contributed by atoms with Gasteiger partial charge < -0.3 is 9.84 Å². The van der Waals surface area contributed by atoms with E-state index in [0.717, 1.165) is 24.7 Å².